The van der Waals surface area contributed by atoms with E-state index < -0.39 is 0 Å². The van der Waals surface area contributed by atoms with E-state index in [9.17, 15) is 0 Å². The number of para-hydroxylation sites is 1. The maximum absolute atomic E-state index is 2.60. The van der Waals surface area contributed by atoms with E-state index in [4.69, 9.17) is 0 Å². The van der Waals surface area contributed by atoms with Crippen molar-refractivity contribution in [3.63, 3.8) is 0 Å². The molecule has 1 aliphatic rings. The lowest BCUT2D eigenvalue weighted by atomic mass is 10.0. The van der Waals surface area contributed by atoms with E-state index in [1.165, 1.54) is 34.7 Å². The summed E-state index contributed by atoms with van der Waals surface area (Å²) in [5, 5.41) is 0. The van der Waals surface area contributed by atoms with Crippen LogP contribution in [0.5, 0.6) is 0 Å². The minimum Gasteiger partial charge on any atom is -0.338 e. The predicted octanol–water partition coefficient (Wildman–Crippen LogP) is 6.84. The summed E-state index contributed by atoms with van der Waals surface area (Å²) in [7, 11) is 0. The van der Waals surface area contributed by atoms with Gasteiger partial charge < -0.3 is 4.90 Å². The van der Waals surface area contributed by atoms with Crippen LogP contribution < -0.4 is 4.90 Å². The molecule has 32 heavy (non-hydrogen) atoms. The molecule has 0 aromatic heterocycles. The van der Waals surface area contributed by atoms with Crippen LogP contribution in [-0.4, -0.2) is 41.4 Å². The van der Waals surface area contributed by atoms with Gasteiger partial charge in [0.05, 0.1) is 0 Å². The fraction of sp³-hybridized carbons (Fsp3) is 0.357. The lowest BCUT2D eigenvalue weighted by molar-refractivity contribution is 0.205. The van der Waals surface area contributed by atoms with E-state index in [1.807, 2.05) is 11.9 Å². The summed E-state index contributed by atoms with van der Waals surface area (Å²) in [5.74, 6) is 0. The Morgan fingerprint density at radius 3 is 1.91 bits per heavy atom. The molecule has 0 saturated carbocycles. The predicted molar refractivity (Wildman–Crippen MR) is 139 cm³/mol. The highest BCUT2D eigenvalue weighted by Crippen LogP contribution is 2.34. The van der Waals surface area contributed by atoms with Gasteiger partial charge in [0, 0.05) is 55.0 Å². The lowest BCUT2D eigenvalue weighted by Gasteiger charge is -2.40. The summed E-state index contributed by atoms with van der Waals surface area (Å²) in [4.78, 5) is 6.47. The molecule has 3 aromatic carbocycles. The van der Waals surface area contributed by atoms with Crippen molar-refractivity contribution in [1.29, 1.82) is 0 Å². The summed E-state index contributed by atoms with van der Waals surface area (Å²) in [6.45, 7) is 9.87. The number of benzene rings is 3. The lowest BCUT2D eigenvalue weighted by Crippen LogP contribution is -2.42. The highest BCUT2D eigenvalue weighted by atomic mass is 32.2. The van der Waals surface area contributed by atoms with Gasteiger partial charge in [-0.1, -0.05) is 62.4 Å². The van der Waals surface area contributed by atoms with Gasteiger partial charge in [0.2, 0.25) is 0 Å². The number of hydrogen-bond acceptors (Lipinski definition) is 4. The van der Waals surface area contributed by atoms with Crippen molar-refractivity contribution in [3.8, 4) is 0 Å². The van der Waals surface area contributed by atoms with Gasteiger partial charge >= 0.3 is 0 Å². The molecule has 0 atom stereocenters. The Morgan fingerprint density at radius 1 is 0.750 bits per heavy atom. The fourth-order valence-electron chi connectivity index (χ4n) is 4.51. The monoisotopic (exact) mass is 445 g/mol. The molecule has 1 heterocycles. The van der Waals surface area contributed by atoms with Crippen molar-refractivity contribution in [3.05, 3.63) is 90.5 Å². The third-order valence-electron chi connectivity index (χ3n) is 6.26. The molecule has 1 saturated heterocycles. The Balaban J connectivity index is 1.47. The minimum absolute atomic E-state index is 0.519. The van der Waals surface area contributed by atoms with Crippen molar-refractivity contribution in [2.24, 2.45) is 0 Å². The van der Waals surface area contributed by atoms with E-state index in [0.717, 1.165) is 32.7 Å². The van der Waals surface area contributed by atoms with Crippen LogP contribution in [0.4, 0.5) is 11.4 Å². The first kappa shape index (κ1) is 22.9. The van der Waals surface area contributed by atoms with Gasteiger partial charge in [0.1, 0.15) is 0 Å². The molecule has 0 N–H and O–H groups in total. The third-order valence-corrected chi connectivity index (χ3v) is 7.52. The first-order valence-corrected chi connectivity index (χ1v) is 12.7. The molecule has 0 radical (unpaired) electrons. The third kappa shape index (κ3) is 5.94. The summed E-state index contributed by atoms with van der Waals surface area (Å²) < 4.78 is 2.38. The van der Waals surface area contributed by atoms with Crippen molar-refractivity contribution in [1.82, 2.24) is 9.21 Å². The molecular formula is C28H35N3S. The number of rotatable bonds is 9. The second-order valence-electron chi connectivity index (χ2n) is 8.40. The molecule has 0 bridgehead atoms. The number of piperidine rings is 1. The zero-order chi connectivity index (χ0) is 22.2. The highest BCUT2D eigenvalue weighted by molar-refractivity contribution is 7.97. The van der Waals surface area contributed by atoms with Crippen LogP contribution in [-0.2, 0) is 6.54 Å². The van der Waals surface area contributed by atoms with E-state index in [1.54, 1.807) is 0 Å². The molecule has 3 aromatic rings. The van der Waals surface area contributed by atoms with E-state index in [2.05, 4.69) is 113 Å². The smallest absolute Gasteiger partial charge is 0.0414 e. The van der Waals surface area contributed by atoms with E-state index >= 15 is 0 Å². The zero-order valence-corrected chi connectivity index (χ0v) is 20.2. The topological polar surface area (TPSA) is 9.72 Å². The van der Waals surface area contributed by atoms with Crippen molar-refractivity contribution in [2.45, 2.75) is 44.2 Å². The number of anilines is 2. The Hall–Kier alpha value is -2.27. The van der Waals surface area contributed by atoms with Gasteiger partial charge in [-0.05, 0) is 66.8 Å². The second-order valence-corrected chi connectivity index (χ2v) is 9.57. The average molecular weight is 446 g/mol. The van der Waals surface area contributed by atoms with Crippen LogP contribution in [0.1, 0.15) is 32.3 Å². The van der Waals surface area contributed by atoms with Crippen LogP contribution in [0, 0.1) is 0 Å². The van der Waals surface area contributed by atoms with Gasteiger partial charge in [0.15, 0.2) is 0 Å². The van der Waals surface area contributed by atoms with Gasteiger partial charge in [0.25, 0.3) is 0 Å². The van der Waals surface area contributed by atoms with Crippen LogP contribution in [0.25, 0.3) is 0 Å². The van der Waals surface area contributed by atoms with Gasteiger partial charge in [-0.2, -0.15) is 0 Å². The molecule has 1 aliphatic heterocycles. The summed E-state index contributed by atoms with van der Waals surface area (Å²) in [6, 6.07) is 31.4. The quantitative estimate of drug-likeness (QED) is 0.333. The summed E-state index contributed by atoms with van der Waals surface area (Å²) >= 11 is 1.85. The molecule has 4 heteroatoms. The zero-order valence-electron chi connectivity index (χ0n) is 19.4. The maximum atomic E-state index is 2.60. The standard InChI is InChI=1S/C28H35N3S/c1-3-30(4-2)32-28-17-15-26(16-18-28)31(25-13-9-6-10-14-25)27-19-21-29(22-20-27)23-24-11-7-5-8-12-24/h5-18,27H,3-4,19-23H2,1-2H3. The van der Waals surface area contributed by atoms with E-state index in [0.29, 0.717) is 6.04 Å². The fourth-order valence-corrected chi connectivity index (χ4v) is 5.32. The Bertz CT molecular complexity index is 918. The van der Waals surface area contributed by atoms with Crippen LogP contribution >= 0.6 is 11.9 Å². The van der Waals surface area contributed by atoms with E-state index in [-0.39, 0.29) is 0 Å². The SMILES string of the molecule is CCN(CC)Sc1ccc(N(c2ccccc2)C2CCN(Cc3ccccc3)CC2)cc1. The Labute approximate surface area is 198 Å². The average Bonchev–Trinajstić information content (AvgIpc) is 2.86. The van der Waals surface area contributed by atoms with Gasteiger partial charge in [-0.3, -0.25) is 4.90 Å². The number of likely N-dealkylation sites (tertiary alicyclic amines) is 1. The normalized spacial score (nSPS) is 15.2. The van der Waals surface area contributed by atoms with Crippen LogP contribution in [0.15, 0.2) is 89.8 Å². The van der Waals surface area contributed by atoms with Gasteiger partial charge in [-0.15, -0.1) is 0 Å². The minimum atomic E-state index is 0.519. The summed E-state index contributed by atoms with van der Waals surface area (Å²) in [6.07, 6.45) is 2.36. The summed E-state index contributed by atoms with van der Waals surface area (Å²) in [5.41, 5.74) is 3.99. The highest BCUT2D eigenvalue weighted by Gasteiger charge is 2.26. The molecule has 3 nitrogen and oxygen atoms in total. The maximum Gasteiger partial charge on any atom is 0.0414 e. The molecule has 0 unspecified atom stereocenters. The first-order valence-electron chi connectivity index (χ1n) is 11.9. The molecule has 1 fully saturated rings. The van der Waals surface area contributed by atoms with Gasteiger partial charge in [-0.25, -0.2) is 4.31 Å². The first-order chi connectivity index (χ1) is 15.8. The molecular weight excluding hydrogens is 410 g/mol. The molecule has 4 rings (SSSR count). The Kier molecular flexibility index (Phi) is 8.27. The van der Waals surface area contributed by atoms with Crippen molar-refractivity contribution < 1.29 is 0 Å². The van der Waals surface area contributed by atoms with Crippen LogP contribution in [0.3, 0.4) is 0 Å². The molecule has 168 valence electrons. The molecule has 0 amide bonds. The van der Waals surface area contributed by atoms with Crippen molar-refractivity contribution >= 4 is 23.3 Å². The molecule has 0 aliphatic carbocycles. The number of hydrogen-bond donors (Lipinski definition) is 0. The largest absolute Gasteiger partial charge is 0.338 e. The number of nitrogens with zero attached hydrogens (tertiary/aromatic N) is 3. The Morgan fingerprint density at radius 2 is 1.31 bits per heavy atom. The molecule has 0 spiro atoms. The second kappa shape index (κ2) is 11.6. The van der Waals surface area contributed by atoms with Crippen LogP contribution in [0.2, 0.25) is 0 Å². The van der Waals surface area contributed by atoms with Crippen molar-refractivity contribution in [2.75, 3.05) is 31.1 Å².